The number of rotatable bonds is 4. The third-order valence-electron chi connectivity index (χ3n) is 9.97. The summed E-state index contributed by atoms with van der Waals surface area (Å²) in [5.74, 6) is 0.725. The van der Waals surface area contributed by atoms with Gasteiger partial charge in [0.05, 0.1) is 17.3 Å². The zero-order valence-electron chi connectivity index (χ0n) is 25.9. The van der Waals surface area contributed by atoms with Crippen LogP contribution in [-0.4, -0.2) is 9.97 Å². The van der Waals surface area contributed by atoms with Gasteiger partial charge < -0.3 is 0 Å². The summed E-state index contributed by atoms with van der Waals surface area (Å²) in [5.41, 5.74) is 16.9. The van der Waals surface area contributed by atoms with Crippen molar-refractivity contribution in [2.75, 3.05) is 0 Å². The largest absolute Gasteiger partial charge is 0.232 e. The molecule has 0 spiro atoms. The number of hydrogen-bond acceptors (Lipinski definition) is 2. The lowest BCUT2D eigenvalue weighted by Crippen LogP contribution is -2.15. The molecule has 6 aromatic carbocycles. The molecule has 1 atom stereocenters. The maximum absolute atomic E-state index is 5.37. The van der Waals surface area contributed by atoms with Crippen molar-refractivity contribution >= 4 is 0 Å². The minimum Gasteiger partial charge on any atom is -0.232 e. The van der Waals surface area contributed by atoms with E-state index >= 15 is 0 Å². The highest BCUT2D eigenvalue weighted by molar-refractivity contribution is 5.91. The maximum atomic E-state index is 5.37. The van der Waals surface area contributed by atoms with Gasteiger partial charge in [-0.05, 0) is 73.8 Å². The molecule has 2 heteroatoms. The van der Waals surface area contributed by atoms with Crippen molar-refractivity contribution in [1.82, 2.24) is 9.97 Å². The first kappa shape index (κ1) is 26.8. The van der Waals surface area contributed by atoms with E-state index in [9.17, 15) is 0 Å². The predicted octanol–water partition coefficient (Wildman–Crippen LogP) is 10.9. The van der Waals surface area contributed by atoms with Crippen LogP contribution in [0.3, 0.4) is 0 Å². The average molecular weight is 589 g/mol. The van der Waals surface area contributed by atoms with Gasteiger partial charge in [-0.1, -0.05) is 147 Å². The average Bonchev–Trinajstić information content (AvgIpc) is 3.56. The van der Waals surface area contributed by atoms with Crippen molar-refractivity contribution < 1.29 is 0 Å². The monoisotopic (exact) mass is 588 g/mol. The Hall–Kier alpha value is -5.60. The van der Waals surface area contributed by atoms with Gasteiger partial charge in [0.1, 0.15) is 5.82 Å². The minimum atomic E-state index is -0.107. The molecule has 0 fully saturated rings. The van der Waals surface area contributed by atoms with Gasteiger partial charge in [-0.2, -0.15) is 0 Å². The second-order valence-electron chi connectivity index (χ2n) is 13.0. The van der Waals surface area contributed by atoms with Crippen molar-refractivity contribution in [2.45, 2.75) is 25.2 Å². The highest BCUT2D eigenvalue weighted by Crippen LogP contribution is 2.55. The van der Waals surface area contributed by atoms with Crippen LogP contribution >= 0.6 is 0 Å². The van der Waals surface area contributed by atoms with Crippen molar-refractivity contribution in [3.8, 4) is 55.9 Å². The third-order valence-corrected chi connectivity index (χ3v) is 9.97. The first-order valence-electron chi connectivity index (χ1n) is 16.0. The Labute approximate surface area is 270 Å². The van der Waals surface area contributed by atoms with Gasteiger partial charge in [-0.3, -0.25) is 0 Å². The number of hydrogen-bond donors (Lipinski definition) is 0. The van der Waals surface area contributed by atoms with Crippen LogP contribution in [0.15, 0.2) is 152 Å². The van der Waals surface area contributed by atoms with E-state index in [4.69, 9.17) is 9.97 Å². The molecule has 2 nitrogen and oxygen atoms in total. The molecule has 2 aliphatic rings. The molecule has 0 N–H and O–H groups in total. The van der Waals surface area contributed by atoms with Crippen molar-refractivity contribution in [3.63, 3.8) is 0 Å². The molecule has 1 unspecified atom stereocenters. The smallest absolute Gasteiger partial charge is 0.141 e. The molecule has 9 rings (SSSR count). The lowest BCUT2D eigenvalue weighted by molar-refractivity contribution is 0.659. The number of nitrogens with zero attached hydrogens (tertiary/aromatic N) is 2. The third kappa shape index (κ3) is 4.10. The molecule has 2 aliphatic carbocycles. The van der Waals surface area contributed by atoms with Crippen molar-refractivity contribution in [1.29, 1.82) is 0 Å². The van der Waals surface area contributed by atoms with Crippen LogP contribution in [0.1, 0.15) is 47.8 Å². The summed E-state index contributed by atoms with van der Waals surface area (Å²) in [4.78, 5) is 10.7. The lowest BCUT2D eigenvalue weighted by atomic mass is 9.81. The zero-order chi connectivity index (χ0) is 30.8. The Morgan fingerprint density at radius 2 is 0.978 bits per heavy atom. The molecule has 1 heterocycles. The van der Waals surface area contributed by atoms with E-state index in [0.717, 1.165) is 28.3 Å². The fourth-order valence-corrected chi connectivity index (χ4v) is 7.65. The van der Waals surface area contributed by atoms with E-state index in [1.807, 2.05) is 0 Å². The Morgan fingerprint density at radius 1 is 0.413 bits per heavy atom. The summed E-state index contributed by atoms with van der Waals surface area (Å²) in [5, 5.41) is 0. The molecule has 0 aliphatic heterocycles. The summed E-state index contributed by atoms with van der Waals surface area (Å²) in [7, 11) is 0. The standard InChI is InChI=1S/C44H32N2/c1-44(2)38-21-13-12-20-33(38)35-25-34-32-23-22-31(28-14-6-3-7-15-28)24-36(32)42(37(34)26-39(35)44)43-45-40(29-16-8-4-9-17-29)27-41(46-43)30-18-10-5-11-19-30/h3-27,42H,1-2H3. The molecule has 0 bridgehead atoms. The highest BCUT2D eigenvalue weighted by atomic mass is 14.9. The van der Waals surface area contributed by atoms with Crippen LogP contribution in [0.25, 0.3) is 55.9 Å². The molecule has 0 saturated heterocycles. The lowest BCUT2D eigenvalue weighted by Gasteiger charge is -2.23. The van der Waals surface area contributed by atoms with Gasteiger partial charge in [0.25, 0.3) is 0 Å². The SMILES string of the molecule is CC1(C)c2ccccc2-c2cc3c(cc21)C(c1nc(-c2ccccc2)cc(-c2ccccc2)n1)c1cc(-c2ccccc2)ccc1-3. The molecule has 0 amide bonds. The van der Waals surface area contributed by atoms with Gasteiger partial charge in [-0.15, -0.1) is 0 Å². The topological polar surface area (TPSA) is 25.8 Å². The second kappa shape index (κ2) is 10.2. The van der Waals surface area contributed by atoms with Crippen LogP contribution in [-0.2, 0) is 5.41 Å². The predicted molar refractivity (Wildman–Crippen MR) is 189 cm³/mol. The molecule has 218 valence electrons. The summed E-state index contributed by atoms with van der Waals surface area (Å²) in [6, 6.07) is 54.5. The van der Waals surface area contributed by atoms with Crippen LogP contribution in [0, 0.1) is 0 Å². The molecule has 46 heavy (non-hydrogen) atoms. The maximum Gasteiger partial charge on any atom is 0.141 e. The van der Waals surface area contributed by atoms with Crippen molar-refractivity contribution in [2.24, 2.45) is 0 Å². The first-order chi connectivity index (χ1) is 22.6. The number of aromatic nitrogens is 2. The minimum absolute atomic E-state index is 0.0998. The van der Waals surface area contributed by atoms with Crippen molar-refractivity contribution in [3.05, 3.63) is 180 Å². The first-order valence-corrected chi connectivity index (χ1v) is 16.0. The van der Waals surface area contributed by atoms with Gasteiger partial charge in [0.2, 0.25) is 0 Å². The van der Waals surface area contributed by atoms with Gasteiger partial charge >= 0.3 is 0 Å². The Bertz CT molecular complexity index is 2210. The summed E-state index contributed by atoms with van der Waals surface area (Å²) in [6.45, 7) is 4.71. The van der Waals surface area contributed by atoms with Crippen LogP contribution in [0.4, 0.5) is 0 Å². The van der Waals surface area contributed by atoms with Crippen LogP contribution in [0.5, 0.6) is 0 Å². The molecule has 1 aromatic heterocycles. The normalized spacial score (nSPS) is 15.1. The van der Waals surface area contributed by atoms with E-state index in [1.54, 1.807) is 0 Å². The molecule has 7 aromatic rings. The molecular weight excluding hydrogens is 556 g/mol. The molecule has 0 saturated carbocycles. The van der Waals surface area contributed by atoms with E-state index in [-0.39, 0.29) is 11.3 Å². The van der Waals surface area contributed by atoms with Gasteiger partial charge in [-0.25, -0.2) is 9.97 Å². The molecular formula is C44H32N2. The Morgan fingerprint density at radius 3 is 1.63 bits per heavy atom. The quantitative estimate of drug-likeness (QED) is 0.204. The number of fused-ring (bicyclic) bond motifs is 6. The molecule has 0 radical (unpaired) electrons. The second-order valence-corrected chi connectivity index (χ2v) is 13.0. The highest BCUT2D eigenvalue weighted by Gasteiger charge is 2.40. The summed E-state index contributed by atoms with van der Waals surface area (Å²) in [6.07, 6.45) is 0. The van der Waals surface area contributed by atoms with E-state index in [2.05, 4.69) is 166 Å². The Kier molecular flexibility index (Phi) is 5.95. The van der Waals surface area contributed by atoms with E-state index < -0.39 is 0 Å². The van der Waals surface area contributed by atoms with E-state index in [1.165, 1.54) is 55.6 Å². The fourth-order valence-electron chi connectivity index (χ4n) is 7.65. The van der Waals surface area contributed by atoms with Crippen LogP contribution in [0.2, 0.25) is 0 Å². The van der Waals surface area contributed by atoms with Gasteiger partial charge in [0.15, 0.2) is 0 Å². The Balaban J connectivity index is 1.32. The summed E-state index contributed by atoms with van der Waals surface area (Å²) >= 11 is 0. The van der Waals surface area contributed by atoms with E-state index in [0.29, 0.717) is 0 Å². The zero-order valence-corrected chi connectivity index (χ0v) is 25.9. The summed E-state index contributed by atoms with van der Waals surface area (Å²) < 4.78 is 0. The van der Waals surface area contributed by atoms with Gasteiger partial charge in [0, 0.05) is 16.5 Å². The fraction of sp³-hybridized carbons (Fsp3) is 0.0909. The van der Waals surface area contributed by atoms with Crippen LogP contribution < -0.4 is 0 Å². The number of benzene rings is 6.